The number of hydrogen-bond donors (Lipinski definition) is 0. The summed E-state index contributed by atoms with van der Waals surface area (Å²) in [5.41, 5.74) is 2.23. The molecule has 0 radical (unpaired) electrons. The van der Waals surface area contributed by atoms with Crippen molar-refractivity contribution in [3.8, 4) is 0 Å². The molecule has 1 unspecified atom stereocenters. The monoisotopic (exact) mass is 274 g/mol. The van der Waals surface area contributed by atoms with Crippen molar-refractivity contribution >= 4 is 5.57 Å². The molecule has 0 spiro atoms. The summed E-state index contributed by atoms with van der Waals surface area (Å²) in [6.45, 7) is 5.75. The van der Waals surface area contributed by atoms with E-state index in [2.05, 4.69) is 26.0 Å². The van der Waals surface area contributed by atoms with Crippen molar-refractivity contribution in [3.63, 3.8) is 0 Å². The van der Waals surface area contributed by atoms with Crippen molar-refractivity contribution in [1.82, 2.24) is 0 Å². The van der Waals surface area contributed by atoms with Gasteiger partial charge in [-0.3, -0.25) is 0 Å². The number of hydrogen-bond acceptors (Lipinski definition) is 2. The lowest BCUT2D eigenvalue weighted by Gasteiger charge is -2.31. The van der Waals surface area contributed by atoms with Gasteiger partial charge in [0.2, 0.25) is 0 Å². The lowest BCUT2D eigenvalue weighted by molar-refractivity contribution is -0.0816. The molecule has 20 heavy (non-hydrogen) atoms. The molecule has 0 N–H and O–H groups in total. The normalized spacial score (nSPS) is 24.8. The van der Waals surface area contributed by atoms with Crippen LogP contribution in [0.3, 0.4) is 0 Å². The fourth-order valence-corrected chi connectivity index (χ4v) is 2.57. The van der Waals surface area contributed by atoms with Gasteiger partial charge < -0.3 is 9.47 Å². The highest BCUT2D eigenvalue weighted by molar-refractivity contribution is 5.62. The molecular weight excluding hydrogens is 248 g/mol. The first kappa shape index (κ1) is 15.1. The Bertz CT molecular complexity index is 414. The predicted octanol–water partition coefficient (Wildman–Crippen LogP) is 4.80. The molecule has 0 amide bonds. The molecular formula is C18H26O2. The van der Waals surface area contributed by atoms with E-state index < -0.39 is 0 Å². The number of rotatable bonds is 4. The van der Waals surface area contributed by atoms with E-state index >= 15 is 0 Å². The van der Waals surface area contributed by atoms with E-state index in [0.29, 0.717) is 6.61 Å². The van der Waals surface area contributed by atoms with E-state index in [4.69, 9.17) is 9.47 Å². The molecule has 1 aliphatic rings. The molecule has 1 aliphatic heterocycles. The molecule has 1 aromatic carbocycles. The SMILES string of the molecule is C/C(=C/OCC1(C)CCCCCCO1)c1ccccc1. The van der Waals surface area contributed by atoms with E-state index in [9.17, 15) is 0 Å². The van der Waals surface area contributed by atoms with Gasteiger partial charge in [-0.05, 0) is 37.8 Å². The van der Waals surface area contributed by atoms with Gasteiger partial charge in [-0.25, -0.2) is 0 Å². The Hall–Kier alpha value is -1.28. The molecule has 1 fully saturated rings. The van der Waals surface area contributed by atoms with Crippen molar-refractivity contribution in [1.29, 1.82) is 0 Å². The van der Waals surface area contributed by atoms with E-state index in [0.717, 1.165) is 18.6 Å². The van der Waals surface area contributed by atoms with Crippen molar-refractivity contribution in [3.05, 3.63) is 42.2 Å². The lowest BCUT2D eigenvalue weighted by Crippen LogP contribution is -2.35. The van der Waals surface area contributed by atoms with Gasteiger partial charge in [0.15, 0.2) is 0 Å². The summed E-state index contributed by atoms with van der Waals surface area (Å²) in [5.74, 6) is 0. The van der Waals surface area contributed by atoms with Crippen LogP contribution in [0.25, 0.3) is 5.57 Å². The zero-order valence-corrected chi connectivity index (χ0v) is 12.7. The van der Waals surface area contributed by atoms with Gasteiger partial charge in [0, 0.05) is 6.61 Å². The Morgan fingerprint density at radius 1 is 1.20 bits per heavy atom. The topological polar surface area (TPSA) is 18.5 Å². The standard InChI is InChI=1S/C18H26O2/c1-16(17-10-6-5-7-11-17)14-19-15-18(2)12-8-3-4-9-13-20-18/h5-7,10-11,14H,3-4,8-9,12-13,15H2,1-2H3/b16-14-. The molecule has 0 aliphatic carbocycles. The third-order valence-electron chi connectivity index (χ3n) is 3.93. The lowest BCUT2D eigenvalue weighted by atomic mass is 9.97. The van der Waals surface area contributed by atoms with Gasteiger partial charge in [0.05, 0.1) is 11.9 Å². The maximum absolute atomic E-state index is 6.00. The minimum atomic E-state index is -0.131. The van der Waals surface area contributed by atoms with Crippen molar-refractivity contribution in [2.75, 3.05) is 13.2 Å². The molecule has 1 aromatic rings. The van der Waals surface area contributed by atoms with E-state index in [1.807, 2.05) is 24.5 Å². The van der Waals surface area contributed by atoms with E-state index in [-0.39, 0.29) is 5.60 Å². The second kappa shape index (κ2) is 7.49. The third-order valence-corrected chi connectivity index (χ3v) is 3.93. The highest BCUT2D eigenvalue weighted by Gasteiger charge is 2.26. The average Bonchev–Trinajstić information content (AvgIpc) is 2.44. The van der Waals surface area contributed by atoms with Crippen LogP contribution in [0.5, 0.6) is 0 Å². The quantitative estimate of drug-likeness (QED) is 0.734. The first-order chi connectivity index (χ1) is 9.70. The second-order valence-corrected chi connectivity index (χ2v) is 5.94. The minimum Gasteiger partial charge on any atom is -0.498 e. The molecule has 1 saturated heterocycles. The summed E-state index contributed by atoms with van der Waals surface area (Å²) in [7, 11) is 0. The van der Waals surface area contributed by atoms with Crippen molar-refractivity contribution in [2.24, 2.45) is 0 Å². The summed E-state index contributed by atoms with van der Waals surface area (Å²) in [4.78, 5) is 0. The van der Waals surface area contributed by atoms with E-state index in [1.165, 1.54) is 31.2 Å². The van der Waals surface area contributed by atoms with Crippen molar-refractivity contribution in [2.45, 2.75) is 51.6 Å². The van der Waals surface area contributed by atoms with Crippen LogP contribution in [0.2, 0.25) is 0 Å². The fourth-order valence-electron chi connectivity index (χ4n) is 2.57. The van der Waals surface area contributed by atoms with Crippen LogP contribution in [0.15, 0.2) is 36.6 Å². The molecule has 2 heteroatoms. The Balaban J connectivity index is 1.87. The van der Waals surface area contributed by atoms with Crippen LogP contribution < -0.4 is 0 Å². The first-order valence-corrected chi connectivity index (χ1v) is 7.67. The summed E-state index contributed by atoms with van der Waals surface area (Å²) >= 11 is 0. The Morgan fingerprint density at radius 2 is 1.95 bits per heavy atom. The molecule has 2 rings (SSSR count). The average molecular weight is 274 g/mol. The Morgan fingerprint density at radius 3 is 2.75 bits per heavy atom. The molecule has 1 heterocycles. The van der Waals surface area contributed by atoms with Gasteiger partial charge >= 0.3 is 0 Å². The summed E-state index contributed by atoms with van der Waals surface area (Å²) in [5, 5.41) is 0. The number of ether oxygens (including phenoxy) is 2. The fraction of sp³-hybridized carbons (Fsp3) is 0.556. The maximum Gasteiger partial charge on any atom is 0.116 e. The molecule has 110 valence electrons. The highest BCUT2D eigenvalue weighted by Crippen LogP contribution is 2.24. The summed E-state index contributed by atoms with van der Waals surface area (Å²) in [6.07, 6.45) is 7.98. The number of allylic oxidation sites excluding steroid dienone is 1. The van der Waals surface area contributed by atoms with Crippen LogP contribution in [-0.2, 0) is 9.47 Å². The minimum absolute atomic E-state index is 0.131. The maximum atomic E-state index is 6.00. The van der Waals surface area contributed by atoms with Gasteiger partial charge in [-0.1, -0.05) is 49.6 Å². The highest BCUT2D eigenvalue weighted by atomic mass is 16.5. The van der Waals surface area contributed by atoms with Crippen LogP contribution in [-0.4, -0.2) is 18.8 Å². The van der Waals surface area contributed by atoms with Crippen LogP contribution >= 0.6 is 0 Å². The summed E-state index contributed by atoms with van der Waals surface area (Å²) < 4.78 is 11.8. The number of benzene rings is 1. The molecule has 0 bridgehead atoms. The predicted molar refractivity (Wildman–Crippen MR) is 83.5 cm³/mol. The summed E-state index contributed by atoms with van der Waals surface area (Å²) in [6, 6.07) is 10.3. The molecule has 0 aromatic heterocycles. The van der Waals surface area contributed by atoms with E-state index in [1.54, 1.807) is 0 Å². The zero-order valence-electron chi connectivity index (χ0n) is 12.7. The molecule has 2 nitrogen and oxygen atoms in total. The molecule has 1 atom stereocenters. The van der Waals surface area contributed by atoms with Gasteiger partial charge in [-0.15, -0.1) is 0 Å². The molecule has 0 saturated carbocycles. The van der Waals surface area contributed by atoms with Gasteiger partial charge in [0.1, 0.15) is 6.61 Å². The third kappa shape index (κ3) is 4.68. The van der Waals surface area contributed by atoms with Crippen molar-refractivity contribution < 1.29 is 9.47 Å². The first-order valence-electron chi connectivity index (χ1n) is 7.67. The van der Waals surface area contributed by atoms with Crippen LogP contribution in [0, 0.1) is 0 Å². The van der Waals surface area contributed by atoms with Crippen LogP contribution in [0.1, 0.15) is 51.5 Å². The Kier molecular flexibility index (Phi) is 5.66. The van der Waals surface area contributed by atoms with Gasteiger partial charge in [0.25, 0.3) is 0 Å². The second-order valence-electron chi connectivity index (χ2n) is 5.94. The van der Waals surface area contributed by atoms with Gasteiger partial charge in [-0.2, -0.15) is 0 Å². The Labute approximate surface area is 122 Å². The van der Waals surface area contributed by atoms with Crippen LogP contribution in [0.4, 0.5) is 0 Å². The largest absolute Gasteiger partial charge is 0.498 e. The zero-order chi connectivity index (χ0) is 14.3. The smallest absolute Gasteiger partial charge is 0.116 e.